The van der Waals surface area contributed by atoms with E-state index in [9.17, 15) is 4.39 Å². The maximum absolute atomic E-state index is 13.1. The normalized spacial score (nSPS) is 10.7. The Bertz CT molecular complexity index is 498. The first-order chi connectivity index (χ1) is 7.72. The fraction of sp³-hybridized carbons (Fsp3) is 0.182. The predicted molar refractivity (Wildman–Crippen MR) is 62.4 cm³/mol. The summed E-state index contributed by atoms with van der Waals surface area (Å²) >= 11 is 3.14. The molecule has 0 aliphatic carbocycles. The Morgan fingerprint density at radius 2 is 2.31 bits per heavy atom. The van der Waals surface area contributed by atoms with Crippen molar-refractivity contribution in [1.29, 1.82) is 0 Å². The van der Waals surface area contributed by atoms with E-state index in [1.807, 2.05) is 7.05 Å². The van der Waals surface area contributed by atoms with Crippen LogP contribution in [0.1, 0.15) is 5.69 Å². The summed E-state index contributed by atoms with van der Waals surface area (Å²) in [4.78, 5) is 4.10. The summed E-state index contributed by atoms with van der Waals surface area (Å²) in [6.07, 6.45) is 1.39. The van der Waals surface area contributed by atoms with E-state index in [2.05, 4.69) is 26.2 Å². The van der Waals surface area contributed by atoms with Gasteiger partial charge in [-0.05, 0) is 41.2 Å². The molecular formula is C11H10BrFN2O. The van der Waals surface area contributed by atoms with E-state index >= 15 is 0 Å². The molecule has 5 heteroatoms. The van der Waals surface area contributed by atoms with Gasteiger partial charge >= 0.3 is 0 Å². The Labute approximate surface area is 101 Å². The van der Waals surface area contributed by atoms with Crippen LogP contribution >= 0.6 is 15.9 Å². The van der Waals surface area contributed by atoms with Gasteiger partial charge in [-0.2, -0.15) is 0 Å². The van der Waals surface area contributed by atoms with Gasteiger partial charge in [0.15, 0.2) is 12.2 Å². The van der Waals surface area contributed by atoms with Gasteiger partial charge in [-0.3, -0.25) is 0 Å². The Balaban J connectivity index is 2.42. The molecule has 84 valence electrons. The van der Waals surface area contributed by atoms with Gasteiger partial charge in [0.1, 0.15) is 11.5 Å². The van der Waals surface area contributed by atoms with Crippen molar-refractivity contribution in [1.82, 2.24) is 10.3 Å². The molecule has 0 bridgehead atoms. The van der Waals surface area contributed by atoms with Crippen LogP contribution < -0.4 is 5.32 Å². The predicted octanol–water partition coefficient (Wildman–Crippen LogP) is 2.96. The number of hydrogen-bond donors (Lipinski definition) is 1. The first-order valence-electron chi connectivity index (χ1n) is 4.74. The molecule has 0 atom stereocenters. The second kappa shape index (κ2) is 4.76. The molecule has 3 nitrogen and oxygen atoms in total. The van der Waals surface area contributed by atoms with Crippen molar-refractivity contribution in [3.8, 4) is 11.3 Å². The third-order valence-electron chi connectivity index (χ3n) is 2.17. The van der Waals surface area contributed by atoms with E-state index in [1.165, 1.54) is 12.5 Å². The van der Waals surface area contributed by atoms with Gasteiger partial charge in [0.05, 0.1) is 4.47 Å². The number of oxazole rings is 1. The molecular weight excluding hydrogens is 275 g/mol. The molecule has 1 heterocycles. The van der Waals surface area contributed by atoms with Crippen LogP contribution in [0.25, 0.3) is 11.3 Å². The first-order valence-corrected chi connectivity index (χ1v) is 5.54. The fourth-order valence-electron chi connectivity index (χ4n) is 1.43. The van der Waals surface area contributed by atoms with Crippen molar-refractivity contribution in [2.24, 2.45) is 0 Å². The van der Waals surface area contributed by atoms with Crippen molar-refractivity contribution < 1.29 is 8.81 Å². The third-order valence-corrected chi connectivity index (χ3v) is 2.77. The number of nitrogens with one attached hydrogen (secondary N) is 1. The Hall–Kier alpha value is -1.20. The zero-order valence-corrected chi connectivity index (χ0v) is 10.2. The molecule has 0 amide bonds. The van der Waals surface area contributed by atoms with Crippen LogP contribution in [0.5, 0.6) is 0 Å². The number of nitrogens with zero attached hydrogens (tertiary/aromatic N) is 1. The number of hydrogen-bond acceptors (Lipinski definition) is 3. The largest absolute Gasteiger partial charge is 0.443 e. The Morgan fingerprint density at radius 3 is 3.00 bits per heavy atom. The second-order valence-corrected chi connectivity index (χ2v) is 4.14. The van der Waals surface area contributed by atoms with Crippen molar-refractivity contribution >= 4 is 15.9 Å². The summed E-state index contributed by atoms with van der Waals surface area (Å²) in [5, 5.41) is 3.00. The highest BCUT2D eigenvalue weighted by Gasteiger charge is 2.11. The molecule has 0 aliphatic heterocycles. The zero-order valence-electron chi connectivity index (χ0n) is 8.63. The lowest BCUT2D eigenvalue weighted by Crippen LogP contribution is -2.06. The standard InChI is InChI=1S/C11H10BrFN2O/c1-14-5-10-11(16-6-15-10)7-2-3-9(13)8(12)4-7/h2-4,6,14H,5H2,1H3. The van der Waals surface area contributed by atoms with Crippen LogP contribution in [0.2, 0.25) is 0 Å². The molecule has 0 spiro atoms. The first kappa shape index (κ1) is 11.3. The minimum atomic E-state index is -0.293. The van der Waals surface area contributed by atoms with Gasteiger partial charge in [-0.15, -0.1) is 0 Å². The number of halogens is 2. The number of rotatable bonds is 3. The van der Waals surface area contributed by atoms with E-state index < -0.39 is 0 Å². The average Bonchev–Trinajstić information content (AvgIpc) is 2.71. The molecule has 1 N–H and O–H groups in total. The Morgan fingerprint density at radius 1 is 1.50 bits per heavy atom. The van der Waals surface area contributed by atoms with E-state index in [0.717, 1.165) is 11.3 Å². The minimum absolute atomic E-state index is 0.293. The van der Waals surface area contributed by atoms with E-state index in [0.29, 0.717) is 16.8 Å². The molecule has 2 aromatic rings. The molecule has 0 fully saturated rings. The molecule has 16 heavy (non-hydrogen) atoms. The van der Waals surface area contributed by atoms with Crippen LogP contribution in [0.15, 0.2) is 33.5 Å². The van der Waals surface area contributed by atoms with Crippen molar-refractivity contribution in [2.75, 3.05) is 7.05 Å². The van der Waals surface area contributed by atoms with E-state index in [1.54, 1.807) is 12.1 Å². The van der Waals surface area contributed by atoms with Crippen LogP contribution in [-0.4, -0.2) is 12.0 Å². The third kappa shape index (κ3) is 2.15. The molecule has 0 saturated heterocycles. The zero-order chi connectivity index (χ0) is 11.5. The highest BCUT2D eigenvalue weighted by Crippen LogP contribution is 2.27. The quantitative estimate of drug-likeness (QED) is 0.942. The van der Waals surface area contributed by atoms with Gasteiger partial charge in [0, 0.05) is 12.1 Å². The van der Waals surface area contributed by atoms with Gasteiger partial charge in [0.2, 0.25) is 0 Å². The SMILES string of the molecule is CNCc1ncoc1-c1ccc(F)c(Br)c1. The number of aromatic nitrogens is 1. The maximum Gasteiger partial charge on any atom is 0.181 e. The molecule has 0 radical (unpaired) electrons. The summed E-state index contributed by atoms with van der Waals surface area (Å²) in [5.74, 6) is 0.369. The highest BCUT2D eigenvalue weighted by molar-refractivity contribution is 9.10. The van der Waals surface area contributed by atoms with Gasteiger partial charge in [-0.25, -0.2) is 9.37 Å². The fourth-order valence-corrected chi connectivity index (χ4v) is 1.81. The molecule has 0 unspecified atom stereocenters. The highest BCUT2D eigenvalue weighted by atomic mass is 79.9. The molecule has 1 aromatic carbocycles. The lowest BCUT2D eigenvalue weighted by molar-refractivity contribution is 0.569. The Kier molecular flexibility index (Phi) is 3.36. The summed E-state index contributed by atoms with van der Waals surface area (Å²) in [5.41, 5.74) is 1.61. The maximum atomic E-state index is 13.1. The summed E-state index contributed by atoms with van der Waals surface area (Å²) in [6.45, 7) is 0.612. The summed E-state index contributed by atoms with van der Waals surface area (Å²) < 4.78 is 18.8. The van der Waals surface area contributed by atoms with Crippen molar-refractivity contribution in [3.63, 3.8) is 0 Å². The summed E-state index contributed by atoms with van der Waals surface area (Å²) in [7, 11) is 1.83. The lowest BCUT2D eigenvalue weighted by atomic mass is 10.1. The van der Waals surface area contributed by atoms with Crippen LogP contribution in [-0.2, 0) is 6.54 Å². The van der Waals surface area contributed by atoms with E-state index in [-0.39, 0.29) is 5.82 Å². The average molecular weight is 285 g/mol. The van der Waals surface area contributed by atoms with Crippen molar-refractivity contribution in [2.45, 2.75) is 6.54 Å². The van der Waals surface area contributed by atoms with Gasteiger partial charge in [0.25, 0.3) is 0 Å². The van der Waals surface area contributed by atoms with Crippen LogP contribution in [0.3, 0.4) is 0 Å². The minimum Gasteiger partial charge on any atom is -0.443 e. The molecule has 0 saturated carbocycles. The number of benzene rings is 1. The van der Waals surface area contributed by atoms with Gasteiger partial charge < -0.3 is 9.73 Å². The monoisotopic (exact) mass is 284 g/mol. The van der Waals surface area contributed by atoms with E-state index in [4.69, 9.17) is 4.42 Å². The molecule has 0 aliphatic rings. The molecule has 2 rings (SSSR count). The summed E-state index contributed by atoms with van der Waals surface area (Å²) in [6, 6.07) is 4.74. The smallest absolute Gasteiger partial charge is 0.181 e. The van der Waals surface area contributed by atoms with Crippen LogP contribution in [0, 0.1) is 5.82 Å². The van der Waals surface area contributed by atoms with Gasteiger partial charge in [-0.1, -0.05) is 0 Å². The molecule has 1 aromatic heterocycles. The lowest BCUT2D eigenvalue weighted by Gasteiger charge is -2.02. The van der Waals surface area contributed by atoms with Crippen LogP contribution in [0.4, 0.5) is 4.39 Å². The topological polar surface area (TPSA) is 38.1 Å². The van der Waals surface area contributed by atoms with Crippen molar-refractivity contribution in [3.05, 3.63) is 40.6 Å². The second-order valence-electron chi connectivity index (χ2n) is 3.29.